The van der Waals surface area contributed by atoms with Crippen LogP contribution < -0.4 is 14.8 Å². The molecule has 0 fully saturated rings. The van der Waals surface area contributed by atoms with Crippen LogP contribution in [0.15, 0.2) is 42.5 Å². The van der Waals surface area contributed by atoms with Gasteiger partial charge in [0.25, 0.3) is 5.91 Å². The Kier molecular flexibility index (Phi) is 7.23. The first kappa shape index (κ1) is 20.3. The standard InChI is InChI=1S/C21H25NO5/c1-5-18(15-8-6-14(2)7-9-15)22-20(23)13-27-21(24)17-11-10-16(25-3)12-19(17)26-4/h6-12,18H,5,13H2,1-4H3,(H,22,23)/t18-/m0/s1. The smallest absolute Gasteiger partial charge is 0.342 e. The Hall–Kier alpha value is -3.02. The van der Waals surface area contributed by atoms with Crippen LogP contribution in [0.2, 0.25) is 0 Å². The maximum absolute atomic E-state index is 12.3. The minimum atomic E-state index is -0.631. The van der Waals surface area contributed by atoms with Crippen molar-refractivity contribution in [1.82, 2.24) is 5.32 Å². The monoisotopic (exact) mass is 371 g/mol. The Balaban J connectivity index is 1.96. The molecule has 1 atom stereocenters. The Morgan fingerprint density at radius 1 is 1.04 bits per heavy atom. The summed E-state index contributed by atoms with van der Waals surface area (Å²) in [6, 6.07) is 12.6. The van der Waals surface area contributed by atoms with E-state index < -0.39 is 5.97 Å². The van der Waals surface area contributed by atoms with Gasteiger partial charge in [-0.2, -0.15) is 0 Å². The van der Waals surface area contributed by atoms with Crippen molar-refractivity contribution >= 4 is 11.9 Å². The summed E-state index contributed by atoms with van der Waals surface area (Å²) < 4.78 is 15.4. The molecule has 6 nitrogen and oxygen atoms in total. The first-order chi connectivity index (χ1) is 13.0. The van der Waals surface area contributed by atoms with Gasteiger partial charge in [0, 0.05) is 6.07 Å². The summed E-state index contributed by atoms with van der Waals surface area (Å²) in [4.78, 5) is 24.5. The molecule has 0 saturated carbocycles. The van der Waals surface area contributed by atoms with Crippen molar-refractivity contribution in [3.05, 3.63) is 59.2 Å². The van der Waals surface area contributed by atoms with Crippen LogP contribution in [0, 0.1) is 6.92 Å². The third-order valence-corrected chi connectivity index (χ3v) is 4.19. The number of rotatable bonds is 8. The number of aryl methyl sites for hydroxylation is 1. The predicted molar refractivity (Wildman–Crippen MR) is 102 cm³/mol. The van der Waals surface area contributed by atoms with E-state index >= 15 is 0 Å². The third-order valence-electron chi connectivity index (χ3n) is 4.19. The highest BCUT2D eigenvalue weighted by molar-refractivity contribution is 5.94. The quantitative estimate of drug-likeness (QED) is 0.720. The van der Waals surface area contributed by atoms with Crippen molar-refractivity contribution in [2.45, 2.75) is 26.3 Å². The highest BCUT2D eigenvalue weighted by atomic mass is 16.5. The number of benzene rings is 2. The molecule has 0 unspecified atom stereocenters. The number of hydrogen-bond donors (Lipinski definition) is 1. The SMILES string of the molecule is CC[C@H](NC(=O)COC(=O)c1ccc(OC)cc1OC)c1ccc(C)cc1. The lowest BCUT2D eigenvalue weighted by atomic mass is 10.0. The van der Waals surface area contributed by atoms with Gasteiger partial charge in [-0.3, -0.25) is 4.79 Å². The van der Waals surface area contributed by atoms with Crippen molar-refractivity contribution < 1.29 is 23.8 Å². The minimum Gasteiger partial charge on any atom is -0.497 e. The van der Waals surface area contributed by atoms with Crippen molar-refractivity contribution in [3.63, 3.8) is 0 Å². The summed E-state index contributed by atoms with van der Waals surface area (Å²) >= 11 is 0. The van der Waals surface area contributed by atoms with E-state index in [1.165, 1.54) is 14.2 Å². The maximum atomic E-state index is 12.3. The van der Waals surface area contributed by atoms with E-state index in [1.54, 1.807) is 18.2 Å². The molecule has 1 N–H and O–H groups in total. The molecular formula is C21H25NO5. The van der Waals surface area contributed by atoms with E-state index in [0.717, 1.165) is 17.5 Å². The van der Waals surface area contributed by atoms with Gasteiger partial charge in [-0.25, -0.2) is 4.79 Å². The zero-order chi connectivity index (χ0) is 19.8. The van der Waals surface area contributed by atoms with E-state index in [1.807, 2.05) is 38.1 Å². The Bertz CT molecular complexity index is 786. The minimum absolute atomic E-state index is 0.132. The Morgan fingerprint density at radius 3 is 2.33 bits per heavy atom. The number of amides is 1. The van der Waals surface area contributed by atoms with Crippen LogP contribution in [0.1, 0.15) is 40.9 Å². The molecule has 0 aromatic heterocycles. The first-order valence-electron chi connectivity index (χ1n) is 8.73. The largest absolute Gasteiger partial charge is 0.497 e. The highest BCUT2D eigenvalue weighted by Crippen LogP contribution is 2.25. The number of ether oxygens (including phenoxy) is 3. The summed E-state index contributed by atoms with van der Waals surface area (Å²) in [6.07, 6.45) is 0.731. The van der Waals surface area contributed by atoms with E-state index in [0.29, 0.717) is 11.5 Å². The number of carbonyl (C=O) groups is 2. The van der Waals surface area contributed by atoms with Gasteiger partial charge < -0.3 is 19.5 Å². The van der Waals surface area contributed by atoms with Gasteiger partial charge in [-0.15, -0.1) is 0 Å². The molecule has 27 heavy (non-hydrogen) atoms. The Morgan fingerprint density at radius 2 is 1.74 bits per heavy atom. The molecule has 0 radical (unpaired) electrons. The fourth-order valence-corrected chi connectivity index (χ4v) is 2.63. The first-order valence-corrected chi connectivity index (χ1v) is 8.73. The van der Waals surface area contributed by atoms with Crippen LogP contribution in [-0.2, 0) is 9.53 Å². The maximum Gasteiger partial charge on any atom is 0.342 e. The highest BCUT2D eigenvalue weighted by Gasteiger charge is 2.18. The van der Waals surface area contributed by atoms with Gasteiger partial charge >= 0.3 is 5.97 Å². The fraction of sp³-hybridized carbons (Fsp3) is 0.333. The molecule has 2 aromatic carbocycles. The van der Waals surface area contributed by atoms with Gasteiger partial charge in [0.05, 0.1) is 20.3 Å². The van der Waals surface area contributed by atoms with Gasteiger partial charge in [0.15, 0.2) is 6.61 Å². The molecule has 0 bridgehead atoms. The number of carbonyl (C=O) groups excluding carboxylic acids is 2. The van der Waals surface area contributed by atoms with Gasteiger partial charge in [-0.1, -0.05) is 36.8 Å². The summed E-state index contributed by atoms with van der Waals surface area (Å²) in [5.74, 6) is -0.104. The summed E-state index contributed by atoms with van der Waals surface area (Å²) in [5.41, 5.74) is 2.40. The molecule has 2 rings (SSSR count). The van der Waals surface area contributed by atoms with E-state index in [-0.39, 0.29) is 24.1 Å². The number of methoxy groups -OCH3 is 2. The van der Waals surface area contributed by atoms with E-state index in [4.69, 9.17) is 14.2 Å². The molecule has 0 aliphatic heterocycles. The second kappa shape index (κ2) is 9.62. The van der Waals surface area contributed by atoms with Crippen LogP contribution in [-0.4, -0.2) is 32.7 Å². The van der Waals surface area contributed by atoms with Crippen molar-refractivity contribution in [1.29, 1.82) is 0 Å². The van der Waals surface area contributed by atoms with Crippen LogP contribution in [0.25, 0.3) is 0 Å². The topological polar surface area (TPSA) is 73.9 Å². The van der Waals surface area contributed by atoms with Crippen molar-refractivity contribution in [3.8, 4) is 11.5 Å². The molecule has 2 aromatic rings. The van der Waals surface area contributed by atoms with Crippen LogP contribution in [0.3, 0.4) is 0 Å². The van der Waals surface area contributed by atoms with Gasteiger partial charge in [-0.05, 0) is 31.0 Å². The lowest BCUT2D eigenvalue weighted by Gasteiger charge is -2.18. The molecule has 0 saturated heterocycles. The lowest BCUT2D eigenvalue weighted by Crippen LogP contribution is -2.32. The molecule has 0 heterocycles. The molecular weight excluding hydrogens is 346 g/mol. The molecule has 0 aliphatic rings. The molecule has 6 heteroatoms. The predicted octanol–water partition coefficient (Wildman–Crippen LogP) is 3.44. The zero-order valence-corrected chi connectivity index (χ0v) is 16.1. The van der Waals surface area contributed by atoms with Crippen LogP contribution in [0.4, 0.5) is 0 Å². The van der Waals surface area contributed by atoms with E-state index in [9.17, 15) is 9.59 Å². The zero-order valence-electron chi connectivity index (χ0n) is 16.1. The second-order valence-corrected chi connectivity index (χ2v) is 6.08. The summed E-state index contributed by atoms with van der Waals surface area (Å²) in [6.45, 7) is 3.63. The lowest BCUT2D eigenvalue weighted by molar-refractivity contribution is -0.125. The normalized spacial score (nSPS) is 11.4. The second-order valence-electron chi connectivity index (χ2n) is 6.08. The van der Waals surface area contributed by atoms with E-state index in [2.05, 4.69) is 5.32 Å². The molecule has 1 amide bonds. The van der Waals surface area contributed by atoms with Crippen molar-refractivity contribution in [2.24, 2.45) is 0 Å². The van der Waals surface area contributed by atoms with Crippen LogP contribution >= 0.6 is 0 Å². The van der Waals surface area contributed by atoms with Gasteiger partial charge in [0.1, 0.15) is 17.1 Å². The molecule has 0 aliphatic carbocycles. The average molecular weight is 371 g/mol. The summed E-state index contributed by atoms with van der Waals surface area (Å²) in [5, 5.41) is 2.89. The van der Waals surface area contributed by atoms with Crippen molar-refractivity contribution in [2.75, 3.05) is 20.8 Å². The Labute approximate surface area is 159 Å². The summed E-state index contributed by atoms with van der Waals surface area (Å²) in [7, 11) is 2.97. The number of nitrogens with one attached hydrogen (secondary N) is 1. The average Bonchev–Trinajstić information content (AvgIpc) is 2.70. The van der Waals surface area contributed by atoms with Gasteiger partial charge in [0.2, 0.25) is 0 Å². The third kappa shape index (κ3) is 5.48. The fourth-order valence-electron chi connectivity index (χ4n) is 2.63. The molecule has 0 spiro atoms. The number of esters is 1. The number of hydrogen-bond acceptors (Lipinski definition) is 5. The van der Waals surface area contributed by atoms with Crippen LogP contribution in [0.5, 0.6) is 11.5 Å². The molecule has 144 valence electrons.